The van der Waals surface area contributed by atoms with Gasteiger partial charge in [-0.2, -0.15) is 9.61 Å². The van der Waals surface area contributed by atoms with Gasteiger partial charge in [0, 0.05) is 24.9 Å². The Labute approximate surface area is 151 Å². The van der Waals surface area contributed by atoms with E-state index in [1.54, 1.807) is 10.7 Å². The molecular weight excluding hydrogens is 332 g/mol. The molecule has 0 saturated carbocycles. The summed E-state index contributed by atoms with van der Waals surface area (Å²) >= 11 is 0. The number of fused-ring (bicyclic) bond motifs is 3. The number of ether oxygens (including phenoxy) is 1. The summed E-state index contributed by atoms with van der Waals surface area (Å²) in [5.74, 6) is 2.24. The third-order valence-corrected chi connectivity index (χ3v) is 4.33. The molecule has 8 heteroatoms. The number of nitrogens with one attached hydrogen (secondary N) is 3. The van der Waals surface area contributed by atoms with Gasteiger partial charge in [0.1, 0.15) is 23.6 Å². The lowest BCUT2D eigenvalue weighted by Gasteiger charge is -2.13. The Bertz CT molecular complexity index is 910. The molecule has 26 heavy (non-hydrogen) atoms. The van der Waals surface area contributed by atoms with Crippen molar-refractivity contribution in [1.29, 1.82) is 0 Å². The molecule has 4 rings (SSSR count). The summed E-state index contributed by atoms with van der Waals surface area (Å²) in [7, 11) is 1.82. The zero-order valence-electron chi connectivity index (χ0n) is 14.6. The molecule has 3 aromatic rings. The van der Waals surface area contributed by atoms with Crippen molar-refractivity contribution in [2.24, 2.45) is 0 Å². The highest BCUT2D eigenvalue weighted by Crippen LogP contribution is 2.26. The van der Waals surface area contributed by atoms with Crippen molar-refractivity contribution in [3.05, 3.63) is 42.1 Å². The molecule has 3 heterocycles. The summed E-state index contributed by atoms with van der Waals surface area (Å²) < 4.78 is 7.49. The number of hydrogen-bond acceptors (Lipinski definition) is 7. The van der Waals surface area contributed by atoms with Gasteiger partial charge in [0.15, 0.2) is 5.65 Å². The van der Waals surface area contributed by atoms with Crippen LogP contribution < -0.4 is 20.7 Å². The summed E-state index contributed by atoms with van der Waals surface area (Å²) in [5.41, 5.74) is 2.13. The van der Waals surface area contributed by atoms with E-state index >= 15 is 0 Å². The Morgan fingerprint density at radius 3 is 3.12 bits per heavy atom. The number of hydrogen-bond donors (Lipinski definition) is 4. The molecule has 0 aliphatic carbocycles. The van der Waals surface area contributed by atoms with Crippen molar-refractivity contribution >= 4 is 23.0 Å². The van der Waals surface area contributed by atoms with Crippen molar-refractivity contribution in [3.8, 4) is 5.75 Å². The van der Waals surface area contributed by atoms with Gasteiger partial charge in [-0.3, -0.25) is 5.32 Å². The minimum Gasteiger partial charge on any atom is -0.494 e. The average Bonchev–Trinajstić information content (AvgIpc) is 3.07. The number of benzene rings is 1. The summed E-state index contributed by atoms with van der Waals surface area (Å²) in [6, 6.07) is 9.67. The molecule has 1 aliphatic rings. The number of rotatable bonds is 1. The summed E-state index contributed by atoms with van der Waals surface area (Å²) in [4.78, 5) is 4.65. The SMILES string of the molecule is CNc1cc2nc3c(cnn13)C(O)NCCCCOc1cccc(c1)N2. The molecule has 2 aromatic heterocycles. The largest absolute Gasteiger partial charge is 0.494 e. The molecule has 1 atom stereocenters. The van der Waals surface area contributed by atoms with Crippen LogP contribution >= 0.6 is 0 Å². The van der Waals surface area contributed by atoms with Crippen LogP contribution in [0.4, 0.5) is 17.3 Å². The number of aromatic nitrogens is 3. The monoisotopic (exact) mass is 354 g/mol. The Kier molecular flexibility index (Phi) is 4.59. The quantitative estimate of drug-likeness (QED) is 0.532. The molecule has 136 valence electrons. The number of nitrogens with zero attached hydrogens (tertiary/aromatic N) is 3. The van der Waals surface area contributed by atoms with Gasteiger partial charge in [-0.05, 0) is 31.5 Å². The first kappa shape index (κ1) is 16.6. The van der Waals surface area contributed by atoms with Gasteiger partial charge in [-0.15, -0.1) is 0 Å². The van der Waals surface area contributed by atoms with Gasteiger partial charge in [0.25, 0.3) is 0 Å². The fraction of sp³-hybridized carbons (Fsp3) is 0.333. The van der Waals surface area contributed by atoms with Crippen LogP contribution in [0.15, 0.2) is 36.5 Å². The van der Waals surface area contributed by atoms with Crippen LogP contribution in [-0.2, 0) is 0 Å². The van der Waals surface area contributed by atoms with Gasteiger partial charge in [0.05, 0.1) is 18.4 Å². The predicted molar refractivity (Wildman–Crippen MR) is 99.9 cm³/mol. The summed E-state index contributed by atoms with van der Waals surface area (Å²) in [6.45, 7) is 1.31. The minimum atomic E-state index is -0.827. The molecule has 0 fully saturated rings. The van der Waals surface area contributed by atoms with Crippen molar-refractivity contribution in [3.63, 3.8) is 0 Å². The van der Waals surface area contributed by atoms with Crippen LogP contribution in [0.5, 0.6) is 5.75 Å². The number of aliphatic hydroxyl groups excluding tert-OH is 1. The van der Waals surface area contributed by atoms with Crippen molar-refractivity contribution in [2.75, 3.05) is 30.8 Å². The van der Waals surface area contributed by atoms with E-state index in [1.165, 1.54) is 0 Å². The molecule has 0 amide bonds. The van der Waals surface area contributed by atoms with E-state index in [-0.39, 0.29) is 0 Å². The predicted octanol–water partition coefficient (Wildman–Crippen LogP) is 2.27. The van der Waals surface area contributed by atoms with Crippen LogP contribution in [0.25, 0.3) is 5.65 Å². The van der Waals surface area contributed by atoms with E-state index in [2.05, 4.69) is 26.0 Å². The van der Waals surface area contributed by atoms with Gasteiger partial charge in [-0.1, -0.05) is 6.07 Å². The maximum Gasteiger partial charge on any atom is 0.166 e. The van der Waals surface area contributed by atoms with E-state index in [4.69, 9.17) is 4.74 Å². The second-order valence-electron chi connectivity index (χ2n) is 6.18. The van der Waals surface area contributed by atoms with Crippen LogP contribution in [-0.4, -0.2) is 39.9 Å². The fourth-order valence-corrected chi connectivity index (χ4v) is 2.99. The fourth-order valence-electron chi connectivity index (χ4n) is 2.99. The van der Waals surface area contributed by atoms with Crippen molar-refractivity contribution < 1.29 is 9.84 Å². The number of aliphatic hydroxyl groups is 1. The third-order valence-electron chi connectivity index (χ3n) is 4.33. The lowest BCUT2D eigenvalue weighted by molar-refractivity contribution is 0.139. The molecule has 4 N–H and O–H groups in total. The second kappa shape index (κ2) is 7.19. The highest BCUT2D eigenvalue weighted by molar-refractivity contribution is 5.66. The maximum atomic E-state index is 10.5. The zero-order chi connectivity index (χ0) is 17.9. The van der Waals surface area contributed by atoms with E-state index in [9.17, 15) is 5.11 Å². The number of anilines is 3. The van der Waals surface area contributed by atoms with Gasteiger partial charge >= 0.3 is 0 Å². The van der Waals surface area contributed by atoms with E-state index < -0.39 is 6.23 Å². The van der Waals surface area contributed by atoms with E-state index in [0.29, 0.717) is 30.2 Å². The molecule has 0 spiro atoms. The van der Waals surface area contributed by atoms with Crippen LogP contribution in [0.3, 0.4) is 0 Å². The third kappa shape index (κ3) is 3.29. The molecular formula is C18H22N6O2. The maximum absolute atomic E-state index is 10.5. The van der Waals surface area contributed by atoms with Gasteiger partial charge < -0.3 is 20.5 Å². The molecule has 1 aliphatic heterocycles. The second-order valence-corrected chi connectivity index (χ2v) is 6.18. The van der Waals surface area contributed by atoms with Gasteiger partial charge in [0.2, 0.25) is 0 Å². The van der Waals surface area contributed by atoms with E-state index in [1.807, 2.05) is 37.4 Å². The van der Waals surface area contributed by atoms with E-state index in [0.717, 1.165) is 30.1 Å². The topological polar surface area (TPSA) is 95.7 Å². The van der Waals surface area contributed by atoms with Gasteiger partial charge in [-0.25, -0.2) is 4.98 Å². The first-order chi connectivity index (χ1) is 12.7. The van der Waals surface area contributed by atoms with Crippen LogP contribution in [0.2, 0.25) is 0 Å². The molecule has 1 aromatic carbocycles. The Morgan fingerprint density at radius 1 is 1.31 bits per heavy atom. The summed E-state index contributed by atoms with van der Waals surface area (Å²) in [5, 5.41) is 24.4. The van der Waals surface area contributed by atoms with Crippen molar-refractivity contribution in [2.45, 2.75) is 19.1 Å². The molecule has 1 unspecified atom stereocenters. The average molecular weight is 354 g/mol. The first-order valence-corrected chi connectivity index (χ1v) is 8.72. The van der Waals surface area contributed by atoms with Crippen molar-refractivity contribution in [1.82, 2.24) is 19.9 Å². The highest BCUT2D eigenvalue weighted by atomic mass is 16.5. The highest BCUT2D eigenvalue weighted by Gasteiger charge is 2.17. The molecule has 4 bridgehead atoms. The standard InChI is InChI=1S/C18H22N6O2/c1-19-16-10-15-22-12-5-4-6-13(9-12)26-8-3-2-7-20-18(25)14-11-21-24(16)17(14)23-15/h4-6,9-11,18-20,25H,2-3,7-8H2,1H3,(H,22,23). The molecule has 0 radical (unpaired) electrons. The first-order valence-electron chi connectivity index (χ1n) is 8.72. The lowest BCUT2D eigenvalue weighted by atomic mass is 10.2. The Balaban J connectivity index is 1.80. The Hall–Kier alpha value is -2.84. The zero-order valence-corrected chi connectivity index (χ0v) is 14.6. The molecule has 0 saturated heterocycles. The Morgan fingerprint density at radius 2 is 2.23 bits per heavy atom. The molecule has 8 nitrogen and oxygen atoms in total. The summed E-state index contributed by atoms with van der Waals surface area (Å²) in [6.07, 6.45) is 2.62. The smallest absolute Gasteiger partial charge is 0.166 e. The van der Waals surface area contributed by atoms with Crippen LogP contribution in [0.1, 0.15) is 24.6 Å². The minimum absolute atomic E-state index is 0.599. The lowest BCUT2D eigenvalue weighted by Crippen LogP contribution is -2.22. The van der Waals surface area contributed by atoms with Crippen LogP contribution in [0, 0.1) is 0 Å². The normalized spacial score (nSPS) is 17.8.